The molecule has 2 aromatic rings. The van der Waals surface area contributed by atoms with E-state index in [0.29, 0.717) is 22.3 Å². The maximum atomic E-state index is 12.4. The number of hydrogen-bond acceptors (Lipinski definition) is 7. The predicted molar refractivity (Wildman–Crippen MR) is 118 cm³/mol. The summed E-state index contributed by atoms with van der Waals surface area (Å²) in [4.78, 5) is 19.1. The smallest absolute Gasteiger partial charge is 0.252 e. The van der Waals surface area contributed by atoms with Crippen molar-refractivity contribution in [3.05, 3.63) is 28.6 Å². The summed E-state index contributed by atoms with van der Waals surface area (Å²) in [7, 11) is -1.92. The number of thiophene rings is 1. The lowest BCUT2D eigenvalue weighted by Gasteiger charge is -2.30. The van der Waals surface area contributed by atoms with Gasteiger partial charge in [0.05, 0.1) is 5.69 Å². The minimum Gasteiger partial charge on any atom is -0.302 e. The molecule has 1 fully saturated rings. The Balaban J connectivity index is 1.41. The van der Waals surface area contributed by atoms with Crippen LogP contribution in [0, 0.1) is 5.92 Å². The fraction of sp³-hybridized carbons (Fsp3) is 0.579. The highest BCUT2D eigenvalue weighted by atomic mass is 32.2. The van der Waals surface area contributed by atoms with E-state index >= 15 is 0 Å². The number of anilines is 1. The Bertz CT molecular complexity index is 896. The second-order valence-electron chi connectivity index (χ2n) is 7.54. The van der Waals surface area contributed by atoms with E-state index in [9.17, 15) is 13.2 Å². The fourth-order valence-corrected chi connectivity index (χ4v) is 6.55. The third-order valence-corrected chi connectivity index (χ3v) is 9.00. The van der Waals surface area contributed by atoms with Gasteiger partial charge in [-0.1, -0.05) is 13.0 Å². The van der Waals surface area contributed by atoms with Crippen molar-refractivity contribution < 1.29 is 13.2 Å². The molecular weight excluding hydrogens is 428 g/mol. The summed E-state index contributed by atoms with van der Waals surface area (Å²) in [5.74, 6) is 0.586. The average Bonchev–Trinajstić information content (AvgIpc) is 3.34. The van der Waals surface area contributed by atoms with E-state index in [1.54, 1.807) is 24.6 Å². The van der Waals surface area contributed by atoms with Crippen molar-refractivity contribution in [2.24, 2.45) is 5.92 Å². The summed E-state index contributed by atoms with van der Waals surface area (Å²) in [6, 6.07) is 3.31. The number of sulfonamides is 1. The first-order chi connectivity index (χ1) is 13.8. The van der Waals surface area contributed by atoms with Crippen LogP contribution in [0.1, 0.15) is 38.3 Å². The van der Waals surface area contributed by atoms with Crippen molar-refractivity contribution in [2.45, 2.75) is 43.4 Å². The predicted octanol–water partition coefficient (Wildman–Crippen LogP) is 3.48. The van der Waals surface area contributed by atoms with Crippen molar-refractivity contribution in [3.8, 4) is 0 Å². The number of likely N-dealkylation sites (tertiary alicyclic amines) is 1. The first-order valence-electron chi connectivity index (χ1n) is 9.81. The molecular formula is C19H28N4O3S3. The minimum absolute atomic E-state index is 0.139. The van der Waals surface area contributed by atoms with E-state index < -0.39 is 10.0 Å². The third-order valence-electron chi connectivity index (χ3n) is 4.96. The molecule has 0 radical (unpaired) electrons. The highest BCUT2D eigenvalue weighted by Crippen LogP contribution is 2.22. The first-order valence-corrected chi connectivity index (χ1v) is 13.0. The molecule has 0 bridgehead atoms. The normalized spacial score (nSPS) is 18.2. The molecule has 1 unspecified atom stereocenters. The van der Waals surface area contributed by atoms with Crippen LogP contribution < -0.4 is 5.32 Å². The van der Waals surface area contributed by atoms with Gasteiger partial charge >= 0.3 is 0 Å². The molecule has 10 heteroatoms. The van der Waals surface area contributed by atoms with Gasteiger partial charge < -0.3 is 5.32 Å². The molecule has 0 aliphatic carbocycles. The molecule has 160 valence electrons. The van der Waals surface area contributed by atoms with Crippen molar-refractivity contribution in [2.75, 3.05) is 32.0 Å². The van der Waals surface area contributed by atoms with E-state index in [0.717, 1.165) is 31.2 Å². The number of hydrogen-bond donors (Lipinski definition) is 1. The number of nitrogens with one attached hydrogen (secondary N) is 1. The Labute approximate surface area is 180 Å². The summed E-state index contributed by atoms with van der Waals surface area (Å²) < 4.78 is 26.4. The van der Waals surface area contributed by atoms with Crippen molar-refractivity contribution in [1.29, 1.82) is 0 Å². The third kappa shape index (κ3) is 6.32. The highest BCUT2D eigenvalue weighted by molar-refractivity contribution is 7.91. The monoisotopic (exact) mass is 456 g/mol. The Morgan fingerprint density at radius 2 is 2.24 bits per heavy atom. The minimum atomic E-state index is -3.46. The van der Waals surface area contributed by atoms with Crippen LogP contribution in [0.15, 0.2) is 27.1 Å². The zero-order valence-electron chi connectivity index (χ0n) is 16.8. The summed E-state index contributed by atoms with van der Waals surface area (Å²) in [6.07, 6.45) is 3.23. The van der Waals surface area contributed by atoms with Crippen LogP contribution in [0.5, 0.6) is 0 Å². The van der Waals surface area contributed by atoms with Gasteiger partial charge in [-0.15, -0.1) is 22.7 Å². The molecule has 1 aliphatic rings. The van der Waals surface area contributed by atoms with Gasteiger partial charge in [0, 0.05) is 38.5 Å². The molecule has 1 aliphatic heterocycles. The highest BCUT2D eigenvalue weighted by Gasteiger charge is 2.21. The number of rotatable bonds is 9. The number of nitrogens with zero attached hydrogens (tertiary/aromatic N) is 3. The molecule has 3 heterocycles. The van der Waals surface area contributed by atoms with Gasteiger partial charge in [-0.2, -0.15) is 0 Å². The zero-order chi connectivity index (χ0) is 20.9. The Morgan fingerprint density at radius 1 is 1.41 bits per heavy atom. The fourth-order valence-electron chi connectivity index (χ4n) is 3.42. The van der Waals surface area contributed by atoms with Gasteiger partial charge in [0.1, 0.15) is 4.21 Å². The maximum absolute atomic E-state index is 12.4. The standard InChI is InChI=1S/C19H28N4O3S3/c1-15-6-3-10-23(12-15)13-16-14-28-19(20-16)21-17(24)7-4-9-22(2)29(25,26)18-8-5-11-27-18/h5,8,11,14-15H,3-4,6-7,9-10,12-13H2,1-2H3,(H,20,21,24). The molecule has 1 N–H and O–H groups in total. The van der Waals surface area contributed by atoms with Gasteiger partial charge in [0.2, 0.25) is 5.91 Å². The zero-order valence-corrected chi connectivity index (χ0v) is 19.3. The molecule has 0 spiro atoms. The quantitative estimate of drug-likeness (QED) is 0.625. The number of aromatic nitrogens is 1. The summed E-state index contributed by atoms with van der Waals surface area (Å²) >= 11 is 2.63. The van der Waals surface area contributed by atoms with Crippen LogP contribution in [0.3, 0.4) is 0 Å². The molecule has 3 rings (SSSR count). The Hall–Kier alpha value is -1.33. The molecule has 29 heavy (non-hydrogen) atoms. The SMILES string of the molecule is CC1CCCN(Cc2csc(NC(=O)CCCN(C)S(=O)(=O)c3cccs3)n2)C1. The largest absolute Gasteiger partial charge is 0.302 e. The maximum Gasteiger partial charge on any atom is 0.252 e. The number of carbonyl (C=O) groups is 1. The van der Waals surface area contributed by atoms with E-state index in [1.165, 1.54) is 39.8 Å². The molecule has 1 atom stereocenters. The van der Waals surface area contributed by atoms with Crippen molar-refractivity contribution >= 4 is 43.7 Å². The lowest BCUT2D eigenvalue weighted by Crippen LogP contribution is -2.33. The molecule has 2 aromatic heterocycles. The van der Waals surface area contributed by atoms with Gasteiger partial charge in [0.25, 0.3) is 10.0 Å². The topological polar surface area (TPSA) is 82.6 Å². The van der Waals surface area contributed by atoms with Crippen molar-refractivity contribution in [3.63, 3.8) is 0 Å². The van der Waals surface area contributed by atoms with E-state index in [2.05, 4.69) is 22.1 Å². The second kappa shape index (κ2) is 10.1. The van der Waals surface area contributed by atoms with Gasteiger partial charge in [-0.05, 0) is 43.2 Å². The lowest BCUT2D eigenvalue weighted by atomic mass is 10.0. The molecule has 1 amide bonds. The second-order valence-corrected chi connectivity index (χ2v) is 11.6. The van der Waals surface area contributed by atoms with Crippen LogP contribution in [0.4, 0.5) is 5.13 Å². The van der Waals surface area contributed by atoms with E-state index in [1.807, 2.05) is 5.38 Å². The van der Waals surface area contributed by atoms with Gasteiger partial charge in [-0.25, -0.2) is 17.7 Å². The first kappa shape index (κ1) is 22.4. The Morgan fingerprint density at radius 3 is 2.97 bits per heavy atom. The average molecular weight is 457 g/mol. The summed E-state index contributed by atoms with van der Waals surface area (Å²) in [5.41, 5.74) is 0.987. The Kier molecular flexibility index (Phi) is 7.80. The molecule has 7 nitrogen and oxygen atoms in total. The number of amides is 1. The van der Waals surface area contributed by atoms with E-state index in [-0.39, 0.29) is 12.3 Å². The van der Waals surface area contributed by atoms with Crippen LogP contribution in [-0.4, -0.2) is 55.2 Å². The summed E-state index contributed by atoms with van der Waals surface area (Å²) in [6.45, 7) is 5.60. The molecule has 0 aromatic carbocycles. The summed E-state index contributed by atoms with van der Waals surface area (Å²) in [5, 5.41) is 7.17. The number of carbonyl (C=O) groups excluding carboxylic acids is 1. The lowest BCUT2D eigenvalue weighted by molar-refractivity contribution is -0.116. The molecule has 1 saturated heterocycles. The number of thiazole rings is 1. The van der Waals surface area contributed by atoms with Crippen LogP contribution in [0.25, 0.3) is 0 Å². The van der Waals surface area contributed by atoms with E-state index in [4.69, 9.17) is 0 Å². The van der Waals surface area contributed by atoms with Gasteiger partial charge in [-0.3, -0.25) is 9.69 Å². The van der Waals surface area contributed by atoms with Crippen LogP contribution in [0.2, 0.25) is 0 Å². The van der Waals surface area contributed by atoms with Crippen LogP contribution >= 0.6 is 22.7 Å². The molecule has 0 saturated carbocycles. The van der Waals surface area contributed by atoms with Gasteiger partial charge in [0.15, 0.2) is 5.13 Å². The van der Waals surface area contributed by atoms with Crippen LogP contribution in [-0.2, 0) is 21.4 Å². The van der Waals surface area contributed by atoms with Crippen molar-refractivity contribution in [1.82, 2.24) is 14.2 Å². The number of piperidine rings is 1.